The van der Waals surface area contributed by atoms with E-state index in [0.29, 0.717) is 0 Å². The minimum atomic E-state index is -0.445. The Balaban J connectivity index is 2.42. The van der Waals surface area contributed by atoms with E-state index in [1.165, 1.54) is 24.0 Å². The maximum Gasteiger partial charge on any atom is 0.235 e. The molecule has 0 saturated heterocycles. The molecule has 2 heteroatoms. The third-order valence-corrected chi connectivity index (χ3v) is 3.13. The second-order valence-corrected chi connectivity index (χ2v) is 4.60. The fourth-order valence-electron chi connectivity index (χ4n) is 2.13. The quantitative estimate of drug-likeness (QED) is 0.534. The summed E-state index contributed by atoms with van der Waals surface area (Å²) in [5.74, 6) is 0. The molecule has 0 amide bonds. The van der Waals surface area contributed by atoms with Crippen LogP contribution in [0.1, 0.15) is 37.0 Å². The predicted molar refractivity (Wildman–Crippen MR) is 59.6 cm³/mol. The van der Waals surface area contributed by atoms with Gasteiger partial charge in [0.1, 0.15) is 0 Å². The fraction of sp³-hybridized carbons (Fsp3) is 0.462. The molecule has 0 bridgehead atoms. The second-order valence-electron chi connectivity index (χ2n) is 4.60. The molecule has 1 aromatic rings. The molecule has 0 N–H and O–H groups in total. The number of hydrogen-bond donors (Lipinski definition) is 0. The lowest BCUT2D eigenvalue weighted by Crippen LogP contribution is -2.13. The van der Waals surface area contributed by atoms with Gasteiger partial charge < -0.3 is 0 Å². The number of nitrogens with zero attached hydrogens (tertiary/aromatic N) is 1. The van der Waals surface area contributed by atoms with Crippen molar-refractivity contribution in [2.75, 3.05) is 0 Å². The van der Waals surface area contributed by atoms with Crippen molar-refractivity contribution >= 4 is 6.08 Å². The Labute approximate surface area is 90.0 Å². The van der Waals surface area contributed by atoms with Crippen LogP contribution in [0.3, 0.4) is 0 Å². The summed E-state index contributed by atoms with van der Waals surface area (Å²) in [5.41, 5.74) is 3.53. The Morgan fingerprint density at radius 3 is 2.73 bits per heavy atom. The molecule has 0 aromatic heterocycles. The van der Waals surface area contributed by atoms with Gasteiger partial charge in [-0.05, 0) is 49.8 Å². The predicted octanol–water partition coefficient (Wildman–Crippen LogP) is 2.75. The van der Waals surface area contributed by atoms with Gasteiger partial charge in [0, 0.05) is 0 Å². The van der Waals surface area contributed by atoms with Crippen molar-refractivity contribution in [1.82, 2.24) is 0 Å². The van der Waals surface area contributed by atoms with Crippen molar-refractivity contribution in [3.05, 3.63) is 34.9 Å². The number of aryl methyl sites for hydroxylation is 2. The van der Waals surface area contributed by atoms with Crippen LogP contribution in [0.2, 0.25) is 0 Å². The average Bonchev–Trinajstić information content (AvgIpc) is 2.63. The highest BCUT2D eigenvalue weighted by Gasteiger charge is 2.21. The smallest absolute Gasteiger partial charge is 0.211 e. The van der Waals surface area contributed by atoms with Gasteiger partial charge in [0.15, 0.2) is 0 Å². The van der Waals surface area contributed by atoms with Crippen molar-refractivity contribution in [2.24, 2.45) is 4.99 Å². The molecular weight excluding hydrogens is 186 g/mol. The van der Waals surface area contributed by atoms with Crippen LogP contribution in [0.15, 0.2) is 23.2 Å². The first-order chi connectivity index (χ1) is 7.13. The van der Waals surface area contributed by atoms with E-state index in [2.05, 4.69) is 23.2 Å². The van der Waals surface area contributed by atoms with Gasteiger partial charge in [-0.1, -0.05) is 18.2 Å². The van der Waals surface area contributed by atoms with E-state index in [4.69, 9.17) is 0 Å². The van der Waals surface area contributed by atoms with E-state index in [-0.39, 0.29) is 0 Å². The van der Waals surface area contributed by atoms with E-state index in [9.17, 15) is 4.79 Å². The number of hydrogen-bond acceptors (Lipinski definition) is 2. The minimum Gasteiger partial charge on any atom is -0.211 e. The summed E-state index contributed by atoms with van der Waals surface area (Å²) in [6, 6.07) is 6.42. The minimum absolute atomic E-state index is 0.445. The molecule has 1 aliphatic rings. The molecule has 0 spiro atoms. The van der Waals surface area contributed by atoms with Crippen molar-refractivity contribution < 1.29 is 4.79 Å². The highest BCUT2D eigenvalue weighted by atomic mass is 16.1. The number of aliphatic imine (C=N–C) groups is 1. The Morgan fingerprint density at radius 1 is 1.27 bits per heavy atom. The molecule has 0 radical (unpaired) electrons. The molecule has 2 nitrogen and oxygen atoms in total. The van der Waals surface area contributed by atoms with Gasteiger partial charge in [-0.2, -0.15) is 4.99 Å². The first kappa shape index (κ1) is 10.1. The molecule has 1 aliphatic carbocycles. The lowest BCUT2D eigenvalue weighted by Gasteiger charge is -2.18. The molecule has 0 heterocycles. The summed E-state index contributed by atoms with van der Waals surface area (Å²) in [6.07, 6.45) is 5.24. The topological polar surface area (TPSA) is 29.4 Å². The third-order valence-electron chi connectivity index (χ3n) is 3.13. The van der Waals surface area contributed by atoms with Crippen molar-refractivity contribution in [3.63, 3.8) is 0 Å². The molecule has 0 fully saturated rings. The number of rotatable bonds is 2. The standard InChI is InChI=1S/C13H15NO/c1-13(2,14-9-15)12-7-6-10-4-3-5-11(10)8-12/h6-8H,3-5H2,1-2H3. The summed E-state index contributed by atoms with van der Waals surface area (Å²) >= 11 is 0. The van der Waals surface area contributed by atoms with Gasteiger partial charge >= 0.3 is 0 Å². The zero-order valence-corrected chi connectivity index (χ0v) is 9.21. The van der Waals surface area contributed by atoms with E-state index in [0.717, 1.165) is 12.0 Å². The van der Waals surface area contributed by atoms with E-state index < -0.39 is 5.54 Å². The van der Waals surface area contributed by atoms with Crippen molar-refractivity contribution in [1.29, 1.82) is 0 Å². The summed E-state index contributed by atoms with van der Waals surface area (Å²) in [5, 5.41) is 0. The van der Waals surface area contributed by atoms with E-state index >= 15 is 0 Å². The first-order valence-electron chi connectivity index (χ1n) is 5.35. The molecule has 2 rings (SSSR count). The maximum atomic E-state index is 10.3. The molecule has 0 atom stereocenters. The lowest BCUT2D eigenvalue weighted by atomic mass is 9.92. The molecule has 1 aromatic carbocycles. The Hall–Kier alpha value is -1.40. The first-order valence-corrected chi connectivity index (χ1v) is 5.35. The number of carbonyl (C=O) groups excluding carboxylic acids is 1. The average molecular weight is 201 g/mol. The second kappa shape index (κ2) is 3.63. The number of fused-ring (bicyclic) bond motifs is 1. The van der Waals surface area contributed by atoms with Gasteiger partial charge in [0.05, 0.1) is 5.54 Å². The Morgan fingerprint density at radius 2 is 2.00 bits per heavy atom. The van der Waals surface area contributed by atoms with E-state index in [1.54, 1.807) is 6.08 Å². The van der Waals surface area contributed by atoms with Crippen LogP contribution in [0.5, 0.6) is 0 Å². The SMILES string of the molecule is CC(C)(N=C=O)c1ccc2c(c1)CCC2. The summed E-state index contributed by atoms with van der Waals surface area (Å²) in [7, 11) is 0. The van der Waals surface area contributed by atoms with Gasteiger partial charge in [-0.15, -0.1) is 0 Å². The molecule has 0 saturated carbocycles. The van der Waals surface area contributed by atoms with E-state index in [1.807, 2.05) is 13.8 Å². The Bertz CT molecular complexity index is 428. The third kappa shape index (κ3) is 1.86. The molecule has 0 aliphatic heterocycles. The highest BCUT2D eigenvalue weighted by molar-refractivity contribution is 5.41. The maximum absolute atomic E-state index is 10.3. The monoisotopic (exact) mass is 201 g/mol. The molecule has 78 valence electrons. The summed E-state index contributed by atoms with van der Waals surface area (Å²) in [6.45, 7) is 3.88. The van der Waals surface area contributed by atoms with Crippen LogP contribution in [0.4, 0.5) is 0 Å². The van der Waals surface area contributed by atoms with Crippen LogP contribution in [0, 0.1) is 0 Å². The zero-order chi connectivity index (χ0) is 10.9. The van der Waals surface area contributed by atoms with Crippen LogP contribution in [-0.2, 0) is 23.2 Å². The molecular formula is C13H15NO. The molecule has 0 unspecified atom stereocenters. The van der Waals surface area contributed by atoms with Crippen molar-refractivity contribution in [3.8, 4) is 0 Å². The largest absolute Gasteiger partial charge is 0.235 e. The summed E-state index contributed by atoms with van der Waals surface area (Å²) < 4.78 is 0. The lowest BCUT2D eigenvalue weighted by molar-refractivity contribution is 0.522. The Kier molecular flexibility index (Phi) is 2.45. The number of isocyanates is 1. The number of benzene rings is 1. The van der Waals surface area contributed by atoms with Crippen LogP contribution >= 0.6 is 0 Å². The summed E-state index contributed by atoms with van der Waals surface area (Å²) in [4.78, 5) is 14.2. The van der Waals surface area contributed by atoms with Gasteiger partial charge in [0.25, 0.3) is 0 Å². The normalized spacial score (nSPS) is 14.5. The molecule has 15 heavy (non-hydrogen) atoms. The van der Waals surface area contributed by atoms with Crippen LogP contribution in [-0.4, -0.2) is 6.08 Å². The fourth-order valence-corrected chi connectivity index (χ4v) is 2.13. The highest BCUT2D eigenvalue weighted by Crippen LogP contribution is 2.29. The van der Waals surface area contributed by atoms with Gasteiger partial charge in [-0.25, -0.2) is 4.79 Å². The van der Waals surface area contributed by atoms with Gasteiger partial charge in [-0.3, -0.25) is 0 Å². The van der Waals surface area contributed by atoms with Crippen LogP contribution in [0.25, 0.3) is 0 Å². The van der Waals surface area contributed by atoms with Crippen molar-refractivity contribution in [2.45, 2.75) is 38.6 Å². The zero-order valence-electron chi connectivity index (χ0n) is 9.21. The van der Waals surface area contributed by atoms with Crippen LogP contribution < -0.4 is 0 Å². The van der Waals surface area contributed by atoms with Gasteiger partial charge in [0.2, 0.25) is 6.08 Å².